The monoisotopic (exact) mass is 480 g/mol. The lowest BCUT2D eigenvalue weighted by molar-refractivity contribution is 0.102. The van der Waals surface area contributed by atoms with Crippen molar-refractivity contribution in [2.24, 2.45) is 0 Å². The maximum Gasteiger partial charge on any atom is 0.258 e. The Morgan fingerprint density at radius 1 is 1.08 bits per heavy atom. The lowest BCUT2D eigenvalue weighted by atomic mass is 10.0. The third-order valence-corrected chi connectivity index (χ3v) is 6.91. The van der Waals surface area contributed by atoms with Crippen LogP contribution in [-0.4, -0.2) is 48.2 Å². The Morgan fingerprint density at radius 3 is 2.72 bits per heavy atom. The largest absolute Gasteiger partial charge is 0.377 e. The number of nitrogens with one attached hydrogen (secondary N) is 1. The number of nitrogen functional groups attached to an aromatic ring is 1. The van der Waals surface area contributed by atoms with Gasteiger partial charge in [0, 0.05) is 37.6 Å². The number of anilines is 2. The zero-order valence-electron chi connectivity index (χ0n) is 20.1. The Balaban J connectivity index is 1.27. The Kier molecular flexibility index (Phi) is 5.59. The normalized spacial score (nSPS) is 17.8. The molecule has 0 spiro atoms. The molecular weight excluding hydrogens is 452 g/mol. The highest BCUT2D eigenvalue weighted by Gasteiger charge is 2.28. The van der Waals surface area contributed by atoms with Gasteiger partial charge in [-0.15, -0.1) is 0 Å². The van der Waals surface area contributed by atoms with E-state index in [9.17, 15) is 4.79 Å². The summed E-state index contributed by atoms with van der Waals surface area (Å²) in [5.41, 5.74) is 10.5. The molecule has 3 N–H and O–H groups in total. The first-order chi connectivity index (χ1) is 17.6. The number of allylic oxidation sites excluding steroid dienone is 1. The first kappa shape index (κ1) is 22.2. The molecule has 1 aliphatic carbocycles. The van der Waals surface area contributed by atoms with Gasteiger partial charge in [-0.25, -0.2) is 15.0 Å². The van der Waals surface area contributed by atoms with Gasteiger partial charge < -0.3 is 16.0 Å². The first-order valence-electron chi connectivity index (χ1n) is 12.3. The predicted molar refractivity (Wildman–Crippen MR) is 139 cm³/mol. The summed E-state index contributed by atoms with van der Waals surface area (Å²) in [6.07, 6.45) is 12.6. The highest BCUT2D eigenvalue weighted by molar-refractivity contribution is 6.03. The number of aromatic nitrogens is 5. The van der Waals surface area contributed by atoms with Crippen LogP contribution in [0.15, 0.2) is 61.2 Å². The molecule has 1 saturated heterocycles. The molecule has 9 nitrogen and oxygen atoms in total. The number of hydrogen-bond acceptors (Lipinski definition) is 7. The molecule has 0 aromatic carbocycles. The molecule has 1 atom stereocenters. The molecule has 0 bridgehead atoms. The maximum atomic E-state index is 12.8. The zero-order valence-corrected chi connectivity index (χ0v) is 20.1. The van der Waals surface area contributed by atoms with E-state index in [-0.39, 0.29) is 11.8 Å². The van der Waals surface area contributed by atoms with Gasteiger partial charge in [0.25, 0.3) is 5.91 Å². The third-order valence-electron chi connectivity index (χ3n) is 6.91. The van der Waals surface area contributed by atoms with Gasteiger partial charge in [-0.2, -0.15) is 0 Å². The number of nitrogens with two attached hydrogens (primary N) is 1. The number of hydrogen-bond donors (Lipinski definition) is 2. The van der Waals surface area contributed by atoms with Gasteiger partial charge in [0.1, 0.15) is 11.5 Å². The van der Waals surface area contributed by atoms with Crippen molar-refractivity contribution in [3.63, 3.8) is 0 Å². The molecule has 6 rings (SSSR count). The Bertz CT molecular complexity index is 1450. The second-order valence-electron chi connectivity index (χ2n) is 9.44. The average Bonchev–Trinajstić information content (AvgIpc) is 3.52. The summed E-state index contributed by atoms with van der Waals surface area (Å²) >= 11 is 0. The number of fused-ring (bicyclic) bond motifs is 1. The van der Waals surface area contributed by atoms with E-state index in [2.05, 4.69) is 37.4 Å². The Labute approximate surface area is 209 Å². The summed E-state index contributed by atoms with van der Waals surface area (Å²) < 4.78 is 1.85. The minimum absolute atomic E-state index is 0.251. The smallest absolute Gasteiger partial charge is 0.258 e. The lowest BCUT2D eigenvalue weighted by Gasteiger charge is -2.12. The zero-order chi connectivity index (χ0) is 24.6. The van der Waals surface area contributed by atoms with Crippen LogP contribution in [0.2, 0.25) is 0 Å². The number of imidazole rings is 1. The highest BCUT2D eigenvalue weighted by atomic mass is 16.1. The van der Waals surface area contributed by atoms with Crippen molar-refractivity contribution in [1.29, 1.82) is 0 Å². The number of likely N-dealkylation sites (tertiary alicyclic amines) is 1. The molecule has 4 aromatic rings. The van der Waals surface area contributed by atoms with E-state index in [1.807, 2.05) is 29.5 Å². The summed E-state index contributed by atoms with van der Waals surface area (Å²) in [6, 6.07) is 9.46. The van der Waals surface area contributed by atoms with Gasteiger partial charge in [0.05, 0.1) is 16.8 Å². The molecule has 5 heterocycles. The molecule has 1 amide bonds. The van der Waals surface area contributed by atoms with E-state index in [0.29, 0.717) is 34.8 Å². The minimum atomic E-state index is -0.251. The molecule has 2 aliphatic rings. The van der Waals surface area contributed by atoms with Gasteiger partial charge in [-0.05, 0) is 74.2 Å². The molecule has 182 valence electrons. The predicted octanol–water partition coefficient (Wildman–Crippen LogP) is 4.22. The maximum absolute atomic E-state index is 12.8. The molecule has 2 fully saturated rings. The van der Waals surface area contributed by atoms with E-state index >= 15 is 0 Å². The van der Waals surface area contributed by atoms with Crippen molar-refractivity contribution in [3.05, 3.63) is 78.0 Å². The fraction of sp³-hybridized carbons (Fsp3) is 0.296. The average molecular weight is 481 g/mol. The number of amides is 1. The summed E-state index contributed by atoms with van der Waals surface area (Å²) in [5, 5.41) is 2.88. The number of carbonyl (C=O) groups excluding carboxylic acids is 1. The summed E-state index contributed by atoms with van der Waals surface area (Å²) in [7, 11) is 0. The SMILES string of the molecule is CC=CN1CCC(c2nc(-c3ccc(C(=O)Nc4cc(C5CC5)ccn4)cn3)n3c(N)nccc23)C1. The number of carbonyl (C=O) groups is 1. The molecule has 36 heavy (non-hydrogen) atoms. The summed E-state index contributed by atoms with van der Waals surface area (Å²) in [6.45, 7) is 3.92. The fourth-order valence-electron chi connectivity index (χ4n) is 4.95. The van der Waals surface area contributed by atoms with Crippen molar-refractivity contribution in [2.75, 3.05) is 24.1 Å². The van der Waals surface area contributed by atoms with E-state index in [0.717, 1.165) is 30.7 Å². The standard InChI is InChI=1S/C27H28N8O/c1-2-12-34-13-9-20(16-34)24-22-8-11-30-27(28)35(22)25(33-24)21-6-5-19(15-31-21)26(36)32-23-14-18(7-10-29-23)17-3-4-17/h2,5-8,10-12,14-15,17,20H,3-4,9,13,16H2,1H3,(H2,28,30)(H,29,32,36). The van der Waals surface area contributed by atoms with E-state index in [1.165, 1.54) is 18.4 Å². The fourth-order valence-corrected chi connectivity index (χ4v) is 4.95. The van der Waals surface area contributed by atoms with Crippen molar-refractivity contribution in [1.82, 2.24) is 29.2 Å². The molecule has 1 unspecified atom stereocenters. The quantitative estimate of drug-likeness (QED) is 0.425. The molecule has 4 aromatic heterocycles. The Hall–Kier alpha value is -4.27. The van der Waals surface area contributed by atoms with Crippen LogP contribution in [0, 0.1) is 0 Å². The van der Waals surface area contributed by atoms with Crippen LogP contribution in [0.1, 0.15) is 59.6 Å². The van der Waals surface area contributed by atoms with E-state index in [1.54, 1.807) is 30.7 Å². The van der Waals surface area contributed by atoms with Crippen LogP contribution in [0.25, 0.3) is 17.0 Å². The number of rotatable bonds is 6. The first-order valence-corrected chi connectivity index (χ1v) is 12.3. The van der Waals surface area contributed by atoms with Crippen molar-refractivity contribution in [3.8, 4) is 11.5 Å². The summed E-state index contributed by atoms with van der Waals surface area (Å²) in [4.78, 5) is 33.3. The topological polar surface area (TPSA) is 114 Å². The second kappa shape index (κ2) is 9.07. The van der Waals surface area contributed by atoms with Gasteiger partial charge in [-0.1, -0.05) is 6.08 Å². The molecule has 0 radical (unpaired) electrons. The van der Waals surface area contributed by atoms with Gasteiger partial charge in [0.15, 0.2) is 5.82 Å². The molecule has 1 saturated carbocycles. The van der Waals surface area contributed by atoms with Crippen LogP contribution in [0.4, 0.5) is 11.8 Å². The van der Waals surface area contributed by atoms with Crippen LogP contribution in [0.3, 0.4) is 0 Å². The Morgan fingerprint density at radius 2 is 1.94 bits per heavy atom. The molecular formula is C27H28N8O. The lowest BCUT2D eigenvalue weighted by Crippen LogP contribution is -2.13. The van der Waals surface area contributed by atoms with Crippen molar-refractivity contribution < 1.29 is 4.79 Å². The van der Waals surface area contributed by atoms with Crippen LogP contribution < -0.4 is 11.1 Å². The van der Waals surface area contributed by atoms with Crippen molar-refractivity contribution >= 4 is 23.2 Å². The van der Waals surface area contributed by atoms with Gasteiger partial charge in [-0.3, -0.25) is 14.2 Å². The molecule has 1 aliphatic heterocycles. The highest BCUT2D eigenvalue weighted by Crippen LogP contribution is 2.40. The van der Waals surface area contributed by atoms with E-state index in [4.69, 9.17) is 10.7 Å². The van der Waals surface area contributed by atoms with Crippen LogP contribution in [-0.2, 0) is 0 Å². The van der Waals surface area contributed by atoms with E-state index < -0.39 is 0 Å². The summed E-state index contributed by atoms with van der Waals surface area (Å²) in [5.74, 6) is 2.17. The van der Waals surface area contributed by atoms with Gasteiger partial charge >= 0.3 is 0 Å². The number of nitrogens with zero attached hydrogens (tertiary/aromatic N) is 6. The van der Waals surface area contributed by atoms with Crippen LogP contribution in [0.5, 0.6) is 0 Å². The number of pyridine rings is 2. The second-order valence-corrected chi connectivity index (χ2v) is 9.44. The van der Waals surface area contributed by atoms with Crippen molar-refractivity contribution in [2.45, 2.75) is 38.0 Å². The molecule has 9 heteroatoms. The minimum Gasteiger partial charge on any atom is -0.377 e. The van der Waals surface area contributed by atoms with Gasteiger partial charge in [0.2, 0.25) is 5.95 Å². The third kappa shape index (κ3) is 4.17. The van der Waals surface area contributed by atoms with Crippen LogP contribution >= 0.6 is 0 Å².